The Morgan fingerprint density at radius 3 is 2.21 bits per heavy atom. The number of hydrogen-bond acceptors (Lipinski definition) is 7. The molecule has 8 nitrogen and oxygen atoms in total. The predicted octanol–water partition coefficient (Wildman–Crippen LogP) is 2.83. The second-order valence-corrected chi connectivity index (χ2v) is 8.29. The van der Waals surface area contributed by atoms with Gasteiger partial charge in [-0.15, -0.1) is 0 Å². The molecule has 0 saturated carbocycles. The van der Waals surface area contributed by atoms with Crippen LogP contribution in [0.4, 0.5) is 0 Å². The first-order valence-corrected chi connectivity index (χ1v) is 10.7. The van der Waals surface area contributed by atoms with Crippen molar-refractivity contribution in [2.45, 2.75) is 12.5 Å². The maximum absolute atomic E-state index is 12.5. The molecule has 1 aliphatic rings. The summed E-state index contributed by atoms with van der Waals surface area (Å²) < 4.78 is 47.6. The van der Waals surface area contributed by atoms with Crippen molar-refractivity contribution in [3.05, 3.63) is 47.5 Å². The number of sulfonamides is 1. The van der Waals surface area contributed by atoms with Gasteiger partial charge in [0.05, 0.1) is 46.4 Å². The van der Waals surface area contributed by atoms with E-state index in [1.54, 1.807) is 38.5 Å². The smallest absolute Gasteiger partial charge is 0.247 e. The van der Waals surface area contributed by atoms with Gasteiger partial charge in [-0.2, -0.15) is 9.52 Å². The lowest BCUT2D eigenvalue weighted by Gasteiger charge is -2.23. The maximum atomic E-state index is 12.5. The summed E-state index contributed by atoms with van der Waals surface area (Å²) in [5, 5.41) is 4.42. The summed E-state index contributed by atoms with van der Waals surface area (Å²) in [4.78, 5) is 0. The van der Waals surface area contributed by atoms with Gasteiger partial charge in [0.15, 0.2) is 23.0 Å². The molecule has 1 heterocycles. The van der Waals surface area contributed by atoms with Crippen LogP contribution < -0.4 is 18.9 Å². The third-order valence-electron chi connectivity index (χ3n) is 4.72. The van der Waals surface area contributed by atoms with Crippen LogP contribution >= 0.6 is 0 Å². The lowest BCUT2D eigenvalue weighted by molar-refractivity contribution is 0.329. The van der Waals surface area contributed by atoms with Gasteiger partial charge in [0.1, 0.15) is 0 Å². The normalized spacial score (nSPS) is 16.4. The van der Waals surface area contributed by atoms with Crippen LogP contribution in [0.15, 0.2) is 41.5 Å². The summed E-state index contributed by atoms with van der Waals surface area (Å²) >= 11 is 0. The second-order valence-electron chi connectivity index (χ2n) is 6.45. The SMILES string of the molecule is COc1ccc(C2=NN(S(C)(=O)=O)C(c3cccc(OC)c3OC)C2)cc1OC. The van der Waals surface area contributed by atoms with Crippen LogP contribution in [0.3, 0.4) is 0 Å². The Morgan fingerprint density at radius 2 is 1.62 bits per heavy atom. The molecule has 156 valence electrons. The minimum absolute atomic E-state index is 0.367. The minimum atomic E-state index is -3.62. The van der Waals surface area contributed by atoms with Crippen molar-refractivity contribution < 1.29 is 27.4 Å². The van der Waals surface area contributed by atoms with Crippen molar-refractivity contribution in [2.24, 2.45) is 5.10 Å². The Hall–Kier alpha value is -2.94. The molecular weight excluding hydrogens is 396 g/mol. The largest absolute Gasteiger partial charge is 0.493 e. The van der Waals surface area contributed by atoms with E-state index in [1.165, 1.54) is 14.2 Å². The molecule has 0 fully saturated rings. The highest BCUT2D eigenvalue weighted by atomic mass is 32.2. The van der Waals surface area contributed by atoms with Gasteiger partial charge in [-0.1, -0.05) is 12.1 Å². The molecule has 2 aromatic carbocycles. The molecule has 29 heavy (non-hydrogen) atoms. The van der Waals surface area contributed by atoms with E-state index in [0.29, 0.717) is 40.7 Å². The lowest BCUT2D eigenvalue weighted by atomic mass is 9.98. The molecule has 0 radical (unpaired) electrons. The number of hydrazone groups is 1. The zero-order valence-corrected chi connectivity index (χ0v) is 17.8. The van der Waals surface area contributed by atoms with E-state index in [4.69, 9.17) is 18.9 Å². The van der Waals surface area contributed by atoms with E-state index >= 15 is 0 Å². The van der Waals surface area contributed by atoms with Crippen molar-refractivity contribution in [3.63, 3.8) is 0 Å². The maximum Gasteiger partial charge on any atom is 0.247 e. The quantitative estimate of drug-likeness (QED) is 0.685. The van der Waals surface area contributed by atoms with Crippen molar-refractivity contribution in [3.8, 4) is 23.0 Å². The van der Waals surface area contributed by atoms with Crippen molar-refractivity contribution in [1.82, 2.24) is 4.41 Å². The monoisotopic (exact) mass is 420 g/mol. The molecule has 0 bridgehead atoms. The van der Waals surface area contributed by atoms with Gasteiger partial charge in [-0.25, -0.2) is 8.42 Å². The number of rotatable bonds is 7. The third kappa shape index (κ3) is 3.95. The standard InChI is InChI=1S/C20H24N2O6S/c1-25-17-10-9-13(11-19(17)27-3)15-12-16(22(21-15)29(5,23)24)14-7-6-8-18(26-2)20(14)28-4/h6-11,16H,12H2,1-5H3. The molecule has 3 rings (SSSR count). The Bertz CT molecular complexity index is 1040. The van der Waals surface area contributed by atoms with E-state index in [0.717, 1.165) is 16.2 Å². The molecule has 2 aromatic rings. The van der Waals surface area contributed by atoms with Crippen LogP contribution in [-0.2, 0) is 10.0 Å². The summed E-state index contributed by atoms with van der Waals surface area (Å²) in [6.07, 6.45) is 1.50. The zero-order chi connectivity index (χ0) is 21.2. The van der Waals surface area contributed by atoms with Crippen LogP contribution in [-0.4, -0.2) is 53.2 Å². The third-order valence-corrected chi connectivity index (χ3v) is 5.74. The van der Waals surface area contributed by atoms with E-state index in [1.807, 2.05) is 12.1 Å². The molecule has 9 heteroatoms. The highest BCUT2D eigenvalue weighted by molar-refractivity contribution is 7.88. The number of ether oxygens (including phenoxy) is 4. The van der Waals surface area contributed by atoms with Crippen LogP contribution in [0.2, 0.25) is 0 Å². The van der Waals surface area contributed by atoms with E-state index in [-0.39, 0.29) is 0 Å². The molecule has 0 N–H and O–H groups in total. The van der Waals surface area contributed by atoms with Crippen molar-refractivity contribution in [1.29, 1.82) is 0 Å². The Balaban J connectivity index is 2.07. The molecule has 1 aliphatic heterocycles. The van der Waals surface area contributed by atoms with Crippen LogP contribution in [0, 0.1) is 0 Å². The number of benzene rings is 2. The molecular formula is C20H24N2O6S. The average molecular weight is 420 g/mol. The number of nitrogens with zero attached hydrogens (tertiary/aromatic N) is 2. The fraction of sp³-hybridized carbons (Fsp3) is 0.350. The average Bonchev–Trinajstić information content (AvgIpc) is 3.18. The Morgan fingerprint density at radius 1 is 0.931 bits per heavy atom. The Labute approximate surface area is 170 Å². The summed E-state index contributed by atoms with van der Waals surface area (Å²) in [6, 6.07) is 10.2. The number of para-hydroxylation sites is 1. The van der Waals surface area contributed by atoms with E-state index in [9.17, 15) is 8.42 Å². The zero-order valence-electron chi connectivity index (χ0n) is 17.0. The first-order chi connectivity index (χ1) is 13.8. The van der Waals surface area contributed by atoms with Crippen LogP contribution in [0.25, 0.3) is 0 Å². The number of hydrogen-bond donors (Lipinski definition) is 0. The molecule has 0 aliphatic carbocycles. The van der Waals surface area contributed by atoms with Gasteiger partial charge in [0.25, 0.3) is 0 Å². The Kier molecular flexibility index (Phi) is 5.88. The second kappa shape index (κ2) is 8.20. The fourth-order valence-electron chi connectivity index (χ4n) is 3.39. The molecule has 0 saturated heterocycles. The van der Waals surface area contributed by atoms with Crippen LogP contribution in [0.5, 0.6) is 23.0 Å². The fourth-order valence-corrected chi connectivity index (χ4v) is 4.29. The van der Waals surface area contributed by atoms with Crippen molar-refractivity contribution >= 4 is 15.7 Å². The van der Waals surface area contributed by atoms with Gasteiger partial charge < -0.3 is 18.9 Å². The highest BCUT2D eigenvalue weighted by Gasteiger charge is 2.37. The lowest BCUT2D eigenvalue weighted by Crippen LogP contribution is -2.26. The van der Waals surface area contributed by atoms with E-state index < -0.39 is 16.1 Å². The molecule has 0 spiro atoms. The van der Waals surface area contributed by atoms with Crippen molar-refractivity contribution in [2.75, 3.05) is 34.7 Å². The molecule has 0 amide bonds. The molecule has 0 aromatic heterocycles. The molecule has 1 unspecified atom stereocenters. The molecule has 1 atom stereocenters. The topological polar surface area (TPSA) is 86.7 Å². The minimum Gasteiger partial charge on any atom is -0.493 e. The van der Waals surface area contributed by atoms with Gasteiger partial charge in [0.2, 0.25) is 10.0 Å². The summed E-state index contributed by atoms with van der Waals surface area (Å²) in [5.74, 6) is 2.14. The van der Waals surface area contributed by atoms with E-state index in [2.05, 4.69) is 5.10 Å². The highest BCUT2D eigenvalue weighted by Crippen LogP contribution is 2.43. The summed E-state index contributed by atoms with van der Waals surface area (Å²) in [5.41, 5.74) is 2.04. The van der Waals surface area contributed by atoms with Gasteiger partial charge in [-0.3, -0.25) is 0 Å². The van der Waals surface area contributed by atoms with Crippen LogP contribution in [0.1, 0.15) is 23.6 Å². The first kappa shape index (κ1) is 20.8. The summed E-state index contributed by atoms with van der Waals surface area (Å²) in [6.45, 7) is 0. The van der Waals surface area contributed by atoms with Gasteiger partial charge in [0, 0.05) is 17.5 Å². The van der Waals surface area contributed by atoms with Gasteiger partial charge in [-0.05, 0) is 24.3 Å². The number of methoxy groups -OCH3 is 4. The van der Waals surface area contributed by atoms with Gasteiger partial charge >= 0.3 is 0 Å². The summed E-state index contributed by atoms with van der Waals surface area (Å²) in [7, 11) is 2.55. The first-order valence-electron chi connectivity index (χ1n) is 8.84. The predicted molar refractivity (Wildman–Crippen MR) is 110 cm³/mol.